The molecule has 2 rings (SSSR count). The first-order valence-electron chi connectivity index (χ1n) is 10.9. The van der Waals surface area contributed by atoms with Crippen molar-refractivity contribution in [2.45, 2.75) is 66.0 Å². The number of aliphatic hydroxyl groups excluding tert-OH is 2. The summed E-state index contributed by atoms with van der Waals surface area (Å²) in [5.41, 5.74) is 0.441. The summed E-state index contributed by atoms with van der Waals surface area (Å²) in [6.07, 6.45) is 2.21. The second kappa shape index (κ2) is 12.7. The molecule has 1 fully saturated rings. The molecule has 3 N–H and O–H groups in total. The smallest absolute Gasteiger partial charge is 0.290 e. The predicted molar refractivity (Wildman–Crippen MR) is 114 cm³/mol. The molecular formula is C22H38N2O6. The number of piperidine rings is 1. The Morgan fingerprint density at radius 2 is 1.97 bits per heavy atom. The highest BCUT2D eigenvalue weighted by Crippen LogP contribution is 2.35. The maximum Gasteiger partial charge on any atom is 0.290 e. The monoisotopic (exact) mass is 426 g/mol. The van der Waals surface area contributed by atoms with Gasteiger partial charge in [-0.25, -0.2) is 0 Å². The first-order valence-corrected chi connectivity index (χ1v) is 10.9. The van der Waals surface area contributed by atoms with E-state index in [1.54, 1.807) is 4.90 Å². The highest BCUT2D eigenvalue weighted by atomic mass is 16.4. The molecule has 0 radical (unpaired) electrons. The van der Waals surface area contributed by atoms with Crippen molar-refractivity contribution in [2.24, 2.45) is 5.41 Å². The molecule has 2 heterocycles. The lowest BCUT2D eigenvalue weighted by Crippen LogP contribution is -2.55. The van der Waals surface area contributed by atoms with Crippen LogP contribution in [0.1, 0.15) is 68.8 Å². The third-order valence-corrected chi connectivity index (χ3v) is 5.95. The first kappa shape index (κ1) is 26.1. The lowest BCUT2D eigenvalue weighted by molar-refractivity contribution is -0.122. The van der Waals surface area contributed by atoms with E-state index in [0.717, 1.165) is 43.8 Å². The van der Waals surface area contributed by atoms with E-state index in [0.29, 0.717) is 31.7 Å². The molecule has 1 saturated heterocycles. The largest absolute Gasteiger partial charge is 0.483 e. The molecular weight excluding hydrogens is 388 g/mol. The van der Waals surface area contributed by atoms with Crippen LogP contribution in [0, 0.1) is 5.41 Å². The Morgan fingerprint density at radius 1 is 1.33 bits per heavy atom. The van der Waals surface area contributed by atoms with Gasteiger partial charge in [-0.3, -0.25) is 14.5 Å². The summed E-state index contributed by atoms with van der Waals surface area (Å²) in [7, 11) is 0. The van der Waals surface area contributed by atoms with Gasteiger partial charge in [0.15, 0.2) is 5.76 Å². The fraction of sp³-hybridized carbons (Fsp3) is 0.727. The summed E-state index contributed by atoms with van der Waals surface area (Å²) in [4.78, 5) is 25.5. The van der Waals surface area contributed by atoms with Crippen LogP contribution >= 0.6 is 0 Å². The summed E-state index contributed by atoms with van der Waals surface area (Å²) < 4.78 is 5.91. The zero-order valence-electron chi connectivity index (χ0n) is 18.8. The molecule has 1 aliphatic rings. The molecule has 0 aliphatic carbocycles. The maximum atomic E-state index is 13.1. The highest BCUT2D eigenvalue weighted by molar-refractivity contribution is 5.92. The molecule has 8 heteroatoms. The topological polar surface area (TPSA) is 114 Å². The van der Waals surface area contributed by atoms with Crippen LogP contribution in [0.5, 0.6) is 0 Å². The van der Waals surface area contributed by atoms with E-state index in [1.807, 2.05) is 19.9 Å². The number of nitrogens with zero attached hydrogens (tertiary/aromatic N) is 2. The number of amides is 1. The van der Waals surface area contributed by atoms with Gasteiger partial charge >= 0.3 is 0 Å². The number of carbonyl (C=O) groups excluding carboxylic acids is 1. The second-order valence-corrected chi connectivity index (χ2v) is 7.78. The van der Waals surface area contributed by atoms with Gasteiger partial charge < -0.3 is 24.6 Å². The van der Waals surface area contributed by atoms with Crippen molar-refractivity contribution in [2.75, 3.05) is 32.8 Å². The van der Waals surface area contributed by atoms with Gasteiger partial charge in [0.25, 0.3) is 12.4 Å². The third-order valence-electron chi connectivity index (χ3n) is 5.95. The Balaban J connectivity index is 0.00000141. The Kier molecular flexibility index (Phi) is 11.1. The highest BCUT2D eigenvalue weighted by Gasteiger charge is 2.43. The minimum absolute atomic E-state index is 0.114. The number of hydrogen-bond donors (Lipinski definition) is 3. The molecule has 0 bridgehead atoms. The normalized spacial score (nSPS) is 21.3. The lowest BCUT2D eigenvalue weighted by atomic mass is 9.74. The number of furan rings is 1. The van der Waals surface area contributed by atoms with Gasteiger partial charge in [-0.15, -0.1) is 0 Å². The van der Waals surface area contributed by atoms with Crippen LogP contribution in [0.15, 0.2) is 10.5 Å². The Labute approximate surface area is 179 Å². The molecule has 1 aromatic heterocycles. The number of carbonyl (C=O) groups is 2. The van der Waals surface area contributed by atoms with Crippen LogP contribution < -0.4 is 0 Å². The van der Waals surface area contributed by atoms with E-state index in [4.69, 9.17) is 14.3 Å². The van der Waals surface area contributed by atoms with Crippen LogP contribution in [0.25, 0.3) is 0 Å². The van der Waals surface area contributed by atoms with Crippen molar-refractivity contribution in [3.8, 4) is 0 Å². The number of carboxylic acid groups (broad SMARTS) is 1. The van der Waals surface area contributed by atoms with E-state index in [-0.39, 0.29) is 19.0 Å². The number of rotatable bonds is 9. The van der Waals surface area contributed by atoms with Crippen molar-refractivity contribution in [3.05, 3.63) is 23.2 Å². The standard InChI is InChI=1S/C21H36N2O4.CH2O2/c1-5-10-21(15-24)14-23(11-9-19(21)25)20(26)18-12-16(17(6-2)27-18)13-22(7-3)8-4;2-1-3/h12,19,24-25H,5-11,13-15H2,1-4H3;1H,(H,2,3)/t19-,21+;/m1./s1. The van der Waals surface area contributed by atoms with Crippen LogP contribution in [0.2, 0.25) is 0 Å². The Morgan fingerprint density at radius 3 is 2.47 bits per heavy atom. The van der Waals surface area contributed by atoms with E-state index < -0.39 is 11.5 Å². The molecule has 1 aliphatic heterocycles. The van der Waals surface area contributed by atoms with Gasteiger partial charge in [-0.05, 0) is 32.0 Å². The van der Waals surface area contributed by atoms with Crippen molar-refractivity contribution >= 4 is 12.4 Å². The van der Waals surface area contributed by atoms with E-state index >= 15 is 0 Å². The SMILES string of the molecule is CCC[C@@]1(CO)CN(C(=O)c2cc(CN(CC)CC)c(CC)o2)CC[C@H]1O.O=CO. The number of aliphatic hydroxyl groups is 2. The van der Waals surface area contributed by atoms with Crippen molar-refractivity contribution in [1.29, 1.82) is 0 Å². The summed E-state index contributed by atoms with van der Waals surface area (Å²) in [6.45, 7) is 11.5. The molecule has 8 nitrogen and oxygen atoms in total. The summed E-state index contributed by atoms with van der Waals surface area (Å²) in [5, 5.41) is 27.2. The van der Waals surface area contributed by atoms with E-state index in [1.165, 1.54) is 0 Å². The fourth-order valence-corrected chi connectivity index (χ4v) is 4.15. The lowest BCUT2D eigenvalue weighted by Gasteiger charge is -2.45. The number of likely N-dealkylation sites (tertiary alicyclic amines) is 1. The zero-order valence-corrected chi connectivity index (χ0v) is 18.8. The fourth-order valence-electron chi connectivity index (χ4n) is 4.15. The number of hydrogen-bond acceptors (Lipinski definition) is 6. The Hall–Kier alpha value is -1.90. The second-order valence-electron chi connectivity index (χ2n) is 7.78. The quantitative estimate of drug-likeness (QED) is 0.519. The molecule has 0 unspecified atom stereocenters. The van der Waals surface area contributed by atoms with Gasteiger partial charge in [0.1, 0.15) is 5.76 Å². The van der Waals surface area contributed by atoms with Crippen LogP contribution in [0.4, 0.5) is 0 Å². The Bertz CT molecular complexity index is 658. The van der Waals surface area contributed by atoms with Crippen LogP contribution in [0.3, 0.4) is 0 Å². The third kappa shape index (κ3) is 6.30. The molecule has 0 saturated carbocycles. The van der Waals surface area contributed by atoms with Crippen LogP contribution in [-0.2, 0) is 17.8 Å². The minimum atomic E-state index is -0.632. The van der Waals surface area contributed by atoms with Gasteiger partial charge in [0.2, 0.25) is 0 Å². The van der Waals surface area contributed by atoms with Gasteiger partial charge in [0.05, 0.1) is 12.7 Å². The predicted octanol–water partition coefficient (Wildman–Crippen LogP) is 2.37. The van der Waals surface area contributed by atoms with Crippen LogP contribution in [-0.4, -0.2) is 76.4 Å². The minimum Gasteiger partial charge on any atom is -0.483 e. The van der Waals surface area contributed by atoms with E-state index in [9.17, 15) is 15.0 Å². The van der Waals surface area contributed by atoms with Crippen molar-refractivity contribution in [1.82, 2.24) is 9.80 Å². The first-order chi connectivity index (χ1) is 14.4. The van der Waals surface area contributed by atoms with Crippen molar-refractivity contribution in [3.63, 3.8) is 0 Å². The summed E-state index contributed by atoms with van der Waals surface area (Å²) >= 11 is 0. The summed E-state index contributed by atoms with van der Waals surface area (Å²) in [5.74, 6) is 1.09. The molecule has 30 heavy (non-hydrogen) atoms. The molecule has 0 spiro atoms. The molecule has 172 valence electrons. The van der Waals surface area contributed by atoms with E-state index in [2.05, 4.69) is 18.7 Å². The van der Waals surface area contributed by atoms with Crippen molar-refractivity contribution < 1.29 is 29.3 Å². The molecule has 1 aromatic rings. The maximum absolute atomic E-state index is 13.1. The summed E-state index contributed by atoms with van der Waals surface area (Å²) in [6, 6.07) is 1.88. The van der Waals surface area contributed by atoms with Gasteiger partial charge in [0, 0.05) is 37.0 Å². The zero-order chi connectivity index (χ0) is 22.7. The van der Waals surface area contributed by atoms with Gasteiger partial charge in [-0.1, -0.05) is 34.1 Å². The van der Waals surface area contributed by atoms with Gasteiger partial charge in [-0.2, -0.15) is 0 Å². The average Bonchev–Trinajstić information content (AvgIpc) is 3.16. The molecule has 0 aromatic carbocycles. The molecule has 2 atom stereocenters. The number of aryl methyl sites for hydroxylation is 1. The average molecular weight is 427 g/mol. The molecule has 1 amide bonds.